The first-order valence-electron chi connectivity index (χ1n) is 7.27. The van der Waals surface area contributed by atoms with Crippen LogP contribution >= 0.6 is 0 Å². The predicted octanol–water partition coefficient (Wildman–Crippen LogP) is 1.20. The van der Waals surface area contributed by atoms with Crippen LogP contribution in [-0.2, 0) is 4.79 Å². The first-order valence-corrected chi connectivity index (χ1v) is 7.27. The number of hydrogen-bond acceptors (Lipinski definition) is 3. The van der Waals surface area contributed by atoms with E-state index < -0.39 is 0 Å². The Morgan fingerprint density at radius 2 is 1.94 bits per heavy atom. The molecule has 1 unspecified atom stereocenters. The van der Waals surface area contributed by atoms with Crippen LogP contribution in [0.2, 0.25) is 0 Å². The van der Waals surface area contributed by atoms with Gasteiger partial charge in [0.15, 0.2) is 0 Å². The number of nitrogens with zero attached hydrogens (tertiary/aromatic N) is 2. The lowest BCUT2D eigenvalue weighted by Crippen LogP contribution is -2.54. The number of carbonyl (C=O) groups is 1. The largest absolute Gasteiger partial charge is 0.340 e. The van der Waals surface area contributed by atoms with Gasteiger partial charge in [0.25, 0.3) is 0 Å². The van der Waals surface area contributed by atoms with Crippen LogP contribution in [0.3, 0.4) is 0 Å². The van der Waals surface area contributed by atoms with E-state index >= 15 is 0 Å². The third kappa shape index (κ3) is 3.23. The highest BCUT2D eigenvalue weighted by atomic mass is 16.2. The lowest BCUT2D eigenvalue weighted by Gasteiger charge is -2.40. The Morgan fingerprint density at radius 1 is 1.28 bits per heavy atom. The molecular formula is C14H27N3O. The second-order valence-corrected chi connectivity index (χ2v) is 6.27. The standard InChI is InChI=1S/C14H27N3O/c1-12-11-17(9-8-16(12)2)13(18)10-14(15)6-4-3-5-7-14/h12H,3-11,15H2,1-2H3. The SMILES string of the molecule is CC1CN(C(=O)CC2(N)CCCCC2)CCN1C. The van der Waals surface area contributed by atoms with Crippen LogP contribution in [0.25, 0.3) is 0 Å². The molecule has 4 nitrogen and oxygen atoms in total. The second kappa shape index (κ2) is 5.57. The fraction of sp³-hybridized carbons (Fsp3) is 0.929. The topological polar surface area (TPSA) is 49.6 Å². The molecule has 1 atom stereocenters. The van der Waals surface area contributed by atoms with Crippen LogP contribution in [0.4, 0.5) is 0 Å². The highest BCUT2D eigenvalue weighted by Crippen LogP contribution is 2.29. The van der Waals surface area contributed by atoms with Gasteiger partial charge in [0, 0.05) is 37.6 Å². The minimum absolute atomic E-state index is 0.220. The van der Waals surface area contributed by atoms with Gasteiger partial charge in [-0.05, 0) is 26.8 Å². The van der Waals surface area contributed by atoms with Gasteiger partial charge in [-0.3, -0.25) is 4.79 Å². The second-order valence-electron chi connectivity index (χ2n) is 6.27. The lowest BCUT2D eigenvalue weighted by molar-refractivity contribution is -0.135. The van der Waals surface area contributed by atoms with E-state index in [1.165, 1.54) is 19.3 Å². The van der Waals surface area contributed by atoms with E-state index in [-0.39, 0.29) is 11.4 Å². The zero-order valence-corrected chi connectivity index (χ0v) is 11.8. The number of nitrogens with two attached hydrogens (primary N) is 1. The van der Waals surface area contributed by atoms with Gasteiger partial charge >= 0.3 is 0 Å². The maximum absolute atomic E-state index is 12.4. The molecule has 4 heteroatoms. The van der Waals surface area contributed by atoms with Crippen LogP contribution in [0, 0.1) is 0 Å². The minimum Gasteiger partial charge on any atom is -0.340 e. The van der Waals surface area contributed by atoms with E-state index in [4.69, 9.17) is 5.73 Å². The van der Waals surface area contributed by atoms with Crippen molar-refractivity contribution in [2.75, 3.05) is 26.7 Å². The molecule has 1 amide bonds. The van der Waals surface area contributed by atoms with Crippen molar-refractivity contribution in [2.45, 2.75) is 57.0 Å². The summed E-state index contributed by atoms with van der Waals surface area (Å²) in [5, 5.41) is 0. The smallest absolute Gasteiger partial charge is 0.224 e. The number of rotatable bonds is 2. The van der Waals surface area contributed by atoms with E-state index in [1.807, 2.05) is 4.90 Å². The fourth-order valence-corrected chi connectivity index (χ4v) is 3.12. The average molecular weight is 253 g/mol. The van der Waals surface area contributed by atoms with Gasteiger partial charge in [-0.1, -0.05) is 19.3 Å². The quantitative estimate of drug-likeness (QED) is 0.804. The maximum Gasteiger partial charge on any atom is 0.224 e. The van der Waals surface area contributed by atoms with Gasteiger partial charge in [0.05, 0.1) is 0 Å². The van der Waals surface area contributed by atoms with Crippen LogP contribution in [0.1, 0.15) is 45.4 Å². The molecule has 1 saturated heterocycles. The number of amides is 1. The molecule has 0 bridgehead atoms. The lowest BCUT2D eigenvalue weighted by atomic mass is 9.80. The number of piperazine rings is 1. The maximum atomic E-state index is 12.4. The zero-order valence-electron chi connectivity index (χ0n) is 11.8. The van der Waals surface area contributed by atoms with Crippen molar-refractivity contribution < 1.29 is 4.79 Å². The van der Waals surface area contributed by atoms with Gasteiger partial charge < -0.3 is 15.5 Å². The van der Waals surface area contributed by atoms with E-state index in [0.717, 1.165) is 32.5 Å². The highest BCUT2D eigenvalue weighted by Gasteiger charge is 2.33. The summed E-state index contributed by atoms with van der Waals surface area (Å²) in [5.41, 5.74) is 6.15. The third-order valence-corrected chi connectivity index (χ3v) is 4.67. The first-order chi connectivity index (χ1) is 8.50. The molecule has 1 aliphatic carbocycles. The van der Waals surface area contributed by atoms with Gasteiger partial charge in [-0.15, -0.1) is 0 Å². The Balaban J connectivity index is 1.87. The van der Waals surface area contributed by atoms with Crippen molar-refractivity contribution in [3.8, 4) is 0 Å². The van der Waals surface area contributed by atoms with Crippen LogP contribution in [0.5, 0.6) is 0 Å². The fourth-order valence-electron chi connectivity index (χ4n) is 3.12. The van der Waals surface area contributed by atoms with Crippen molar-refractivity contribution in [1.82, 2.24) is 9.80 Å². The molecule has 2 aliphatic rings. The summed E-state index contributed by atoms with van der Waals surface area (Å²) >= 11 is 0. The van der Waals surface area contributed by atoms with Crippen molar-refractivity contribution >= 4 is 5.91 Å². The van der Waals surface area contributed by atoms with Gasteiger partial charge in [-0.2, -0.15) is 0 Å². The third-order valence-electron chi connectivity index (χ3n) is 4.67. The Bertz CT molecular complexity index is 299. The average Bonchev–Trinajstić information content (AvgIpc) is 2.33. The summed E-state index contributed by atoms with van der Waals surface area (Å²) < 4.78 is 0. The molecule has 2 rings (SSSR count). The summed E-state index contributed by atoms with van der Waals surface area (Å²) in [6.07, 6.45) is 6.22. The highest BCUT2D eigenvalue weighted by molar-refractivity contribution is 5.77. The van der Waals surface area contributed by atoms with Crippen molar-refractivity contribution in [3.63, 3.8) is 0 Å². The Morgan fingerprint density at radius 3 is 2.56 bits per heavy atom. The van der Waals surface area contributed by atoms with Gasteiger partial charge in [-0.25, -0.2) is 0 Å². The predicted molar refractivity (Wildman–Crippen MR) is 73.3 cm³/mol. The van der Waals surface area contributed by atoms with E-state index in [1.54, 1.807) is 0 Å². The normalized spacial score (nSPS) is 29.3. The summed E-state index contributed by atoms with van der Waals surface area (Å²) in [6.45, 7) is 4.86. The molecule has 0 aromatic heterocycles. The van der Waals surface area contributed by atoms with Gasteiger partial charge in [0.1, 0.15) is 0 Å². The number of carbonyl (C=O) groups excluding carboxylic acids is 1. The van der Waals surface area contributed by atoms with Crippen LogP contribution < -0.4 is 5.73 Å². The molecule has 0 spiro atoms. The molecule has 0 aromatic carbocycles. The Labute approximate surface area is 110 Å². The molecule has 1 heterocycles. The monoisotopic (exact) mass is 253 g/mol. The minimum atomic E-state index is -0.220. The number of hydrogen-bond donors (Lipinski definition) is 1. The number of likely N-dealkylation sites (N-methyl/N-ethyl adjacent to an activating group) is 1. The molecule has 2 fully saturated rings. The van der Waals surface area contributed by atoms with Crippen molar-refractivity contribution in [2.24, 2.45) is 5.73 Å². The molecule has 2 N–H and O–H groups in total. The summed E-state index contributed by atoms with van der Waals surface area (Å²) in [5.74, 6) is 0.263. The van der Waals surface area contributed by atoms with Crippen LogP contribution in [0.15, 0.2) is 0 Å². The summed E-state index contributed by atoms with van der Waals surface area (Å²) in [7, 11) is 2.12. The first kappa shape index (κ1) is 13.8. The Hall–Kier alpha value is -0.610. The molecular weight excluding hydrogens is 226 g/mol. The molecule has 1 saturated carbocycles. The molecule has 104 valence electrons. The molecule has 0 radical (unpaired) electrons. The van der Waals surface area contributed by atoms with Gasteiger partial charge in [0.2, 0.25) is 5.91 Å². The van der Waals surface area contributed by atoms with E-state index in [2.05, 4.69) is 18.9 Å². The Kier molecular flexibility index (Phi) is 4.28. The zero-order chi connectivity index (χ0) is 13.2. The van der Waals surface area contributed by atoms with Crippen molar-refractivity contribution in [1.29, 1.82) is 0 Å². The van der Waals surface area contributed by atoms with Crippen molar-refractivity contribution in [3.05, 3.63) is 0 Å². The molecule has 1 aliphatic heterocycles. The summed E-state index contributed by atoms with van der Waals surface area (Å²) in [6, 6.07) is 0.461. The molecule has 0 aromatic rings. The summed E-state index contributed by atoms with van der Waals surface area (Å²) in [4.78, 5) is 16.7. The molecule has 18 heavy (non-hydrogen) atoms. The van der Waals surface area contributed by atoms with E-state index in [9.17, 15) is 4.79 Å². The van der Waals surface area contributed by atoms with Crippen LogP contribution in [-0.4, -0.2) is 54.0 Å². The van der Waals surface area contributed by atoms with E-state index in [0.29, 0.717) is 12.5 Å².